The maximum absolute atomic E-state index is 12.1. The lowest BCUT2D eigenvalue weighted by atomic mass is 9.97. The lowest BCUT2D eigenvalue weighted by Crippen LogP contribution is -2.25. The predicted molar refractivity (Wildman–Crippen MR) is 93.1 cm³/mol. The summed E-state index contributed by atoms with van der Waals surface area (Å²) in [5.41, 5.74) is 1.92. The van der Waals surface area contributed by atoms with E-state index >= 15 is 0 Å². The zero-order chi connectivity index (χ0) is 15.9. The van der Waals surface area contributed by atoms with Crippen molar-refractivity contribution < 1.29 is 4.79 Å². The third-order valence-electron chi connectivity index (χ3n) is 3.75. The Balaban J connectivity index is 1.49. The number of carbonyl (C=O) groups excluding carboxylic acids is 1. The zero-order valence-electron chi connectivity index (χ0n) is 12.9. The lowest BCUT2D eigenvalue weighted by molar-refractivity contribution is 0.0950. The van der Waals surface area contributed by atoms with Crippen molar-refractivity contribution in [2.75, 3.05) is 11.9 Å². The quantitative estimate of drug-likeness (QED) is 0.789. The van der Waals surface area contributed by atoms with E-state index in [2.05, 4.69) is 26.7 Å². The molecule has 0 aliphatic heterocycles. The molecule has 0 saturated carbocycles. The number of nitrogens with one attached hydrogen (secondary N) is 2. The zero-order valence-corrected chi connectivity index (χ0v) is 13.7. The van der Waals surface area contributed by atoms with Gasteiger partial charge >= 0.3 is 0 Å². The molecule has 5 nitrogen and oxygen atoms in total. The van der Waals surface area contributed by atoms with Crippen LogP contribution in [0.25, 0.3) is 0 Å². The number of rotatable bonds is 6. The summed E-state index contributed by atoms with van der Waals surface area (Å²) >= 11 is 1.40. The van der Waals surface area contributed by atoms with Gasteiger partial charge in [0.15, 0.2) is 5.13 Å². The molecule has 1 amide bonds. The van der Waals surface area contributed by atoms with Crippen molar-refractivity contribution in [3.63, 3.8) is 0 Å². The van der Waals surface area contributed by atoms with Gasteiger partial charge in [-0.05, 0) is 44.2 Å². The molecule has 0 radical (unpaired) electrons. The highest BCUT2D eigenvalue weighted by Crippen LogP contribution is 2.20. The van der Waals surface area contributed by atoms with Gasteiger partial charge in [-0.3, -0.25) is 4.79 Å². The number of thiazole rings is 1. The molecule has 6 heteroatoms. The smallest absolute Gasteiger partial charge is 0.270 e. The van der Waals surface area contributed by atoms with Gasteiger partial charge in [-0.2, -0.15) is 0 Å². The maximum Gasteiger partial charge on any atom is 0.270 e. The minimum atomic E-state index is -0.119. The number of nitrogens with zero attached hydrogens (tertiary/aromatic N) is 2. The third kappa shape index (κ3) is 4.63. The van der Waals surface area contributed by atoms with E-state index in [1.165, 1.54) is 42.6 Å². The van der Waals surface area contributed by atoms with Crippen molar-refractivity contribution in [2.45, 2.75) is 32.1 Å². The van der Waals surface area contributed by atoms with Crippen molar-refractivity contribution in [2.24, 2.45) is 0 Å². The standard InChI is InChI=1S/C17H20N4OS/c22-16(19-11-9-13-6-2-1-3-7-13)14-12-23-17(20-14)21-15-8-4-5-10-18-15/h4-6,8,10,12H,1-3,7,9,11H2,(H,19,22)(H,18,20,21). The van der Waals surface area contributed by atoms with E-state index in [-0.39, 0.29) is 5.91 Å². The molecule has 0 fully saturated rings. The van der Waals surface area contributed by atoms with Gasteiger partial charge in [-0.25, -0.2) is 9.97 Å². The normalized spacial score (nSPS) is 14.2. The summed E-state index contributed by atoms with van der Waals surface area (Å²) in [6.07, 6.45) is 9.88. The second-order valence-electron chi connectivity index (χ2n) is 5.49. The van der Waals surface area contributed by atoms with E-state index in [0.29, 0.717) is 17.4 Å². The number of pyridine rings is 1. The Hall–Kier alpha value is -2.21. The molecule has 23 heavy (non-hydrogen) atoms. The number of hydrogen-bond acceptors (Lipinski definition) is 5. The van der Waals surface area contributed by atoms with E-state index in [4.69, 9.17) is 0 Å². The third-order valence-corrected chi connectivity index (χ3v) is 4.51. The Labute approximate surface area is 139 Å². The van der Waals surface area contributed by atoms with Crippen LogP contribution in [0, 0.1) is 0 Å². The summed E-state index contributed by atoms with van der Waals surface area (Å²) in [7, 11) is 0. The number of aromatic nitrogens is 2. The fourth-order valence-electron chi connectivity index (χ4n) is 2.54. The van der Waals surface area contributed by atoms with E-state index in [9.17, 15) is 4.79 Å². The van der Waals surface area contributed by atoms with Crippen molar-refractivity contribution in [3.8, 4) is 0 Å². The fourth-order valence-corrected chi connectivity index (χ4v) is 3.24. The SMILES string of the molecule is O=C(NCCC1=CCCCC1)c1csc(Nc2ccccn2)n1. The van der Waals surface area contributed by atoms with Crippen LogP contribution in [0.15, 0.2) is 41.4 Å². The molecule has 2 N–H and O–H groups in total. The Kier molecular flexibility index (Phi) is 5.37. The molecule has 1 aliphatic rings. The Bertz CT molecular complexity index is 681. The maximum atomic E-state index is 12.1. The highest BCUT2D eigenvalue weighted by atomic mass is 32.1. The first-order valence-corrected chi connectivity index (χ1v) is 8.79. The Morgan fingerprint density at radius 3 is 3.04 bits per heavy atom. The summed E-state index contributed by atoms with van der Waals surface area (Å²) < 4.78 is 0. The molecule has 0 unspecified atom stereocenters. The second-order valence-corrected chi connectivity index (χ2v) is 6.35. The molecular formula is C17H20N4OS. The summed E-state index contributed by atoms with van der Waals surface area (Å²) in [6.45, 7) is 0.672. The monoisotopic (exact) mass is 328 g/mol. The van der Waals surface area contributed by atoms with Crippen molar-refractivity contribution in [1.82, 2.24) is 15.3 Å². The summed E-state index contributed by atoms with van der Waals surface area (Å²) in [5.74, 6) is 0.602. The number of anilines is 2. The fraction of sp³-hybridized carbons (Fsp3) is 0.353. The second kappa shape index (κ2) is 7.87. The minimum absolute atomic E-state index is 0.119. The number of allylic oxidation sites excluding steroid dienone is 1. The largest absolute Gasteiger partial charge is 0.350 e. The molecule has 1 aliphatic carbocycles. The predicted octanol–water partition coefficient (Wildman–Crippen LogP) is 3.90. The van der Waals surface area contributed by atoms with Crippen LogP contribution in [0.4, 0.5) is 10.9 Å². The molecule has 0 spiro atoms. The molecular weight excluding hydrogens is 308 g/mol. The van der Waals surface area contributed by atoms with Crippen molar-refractivity contribution >= 4 is 28.2 Å². The summed E-state index contributed by atoms with van der Waals surface area (Å²) in [4.78, 5) is 20.6. The van der Waals surface area contributed by atoms with Gasteiger partial charge in [0.25, 0.3) is 5.91 Å². The lowest BCUT2D eigenvalue weighted by Gasteiger charge is -2.12. The van der Waals surface area contributed by atoms with Crippen LogP contribution in [-0.2, 0) is 0 Å². The van der Waals surface area contributed by atoms with Crippen LogP contribution < -0.4 is 10.6 Å². The van der Waals surface area contributed by atoms with Gasteiger partial charge in [0.2, 0.25) is 0 Å². The average Bonchev–Trinajstić information content (AvgIpc) is 3.05. The number of hydrogen-bond donors (Lipinski definition) is 2. The van der Waals surface area contributed by atoms with Crippen LogP contribution in [0.3, 0.4) is 0 Å². The highest BCUT2D eigenvalue weighted by Gasteiger charge is 2.11. The molecule has 120 valence electrons. The molecule has 3 rings (SSSR count). The van der Waals surface area contributed by atoms with Gasteiger partial charge in [0.05, 0.1) is 0 Å². The number of carbonyl (C=O) groups is 1. The van der Waals surface area contributed by atoms with Crippen LogP contribution in [0.2, 0.25) is 0 Å². The van der Waals surface area contributed by atoms with Gasteiger partial charge in [0, 0.05) is 18.1 Å². The first kappa shape index (κ1) is 15.7. The van der Waals surface area contributed by atoms with Gasteiger partial charge in [0.1, 0.15) is 11.5 Å². The van der Waals surface area contributed by atoms with E-state index < -0.39 is 0 Å². The molecule has 2 aromatic heterocycles. The molecule has 0 atom stereocenters. The van der Waals surface area contributed by atoms with E-state index in [0.717, 1.165) is 12.2 Å². The van der Waals surface area contributed by atoms with Crippen LogP contribution >= 0.6 is 11.3 Å². The Morgan fingerprint density at radius 1 is 1.30 bits per heavy atom. The van der Waals surface area contributed by atoms with E-state index in [1.54, 1.807) is 11.6 Å². The minimum Gasteiger partial charge on any atom is -0.350 e. The summed E-state index contributed by atoms with van der Waals surface area (Å²) in [6, 6.07) is 5.61. The van der Waals surface area contributed by atoms with Crippen molar-refractivity contribution in [1.29, 1.82) is 0 Å². The molecule has 2 aromatic rings. The first-order chi connectivity index (χ1) is 11.3. The van der Waals surface area contributed by atoms with E-state index in [1.807, 2.05) is 18.2 Å². The van der Waals surface area contributed by atoms with Crippen LogP contribution in [0.1, 0.15) is 42.6 Å². The molecule has 2 heterocycles. The van der Waals surface area contributed by atoms with Gasteiger partial charge in [-0.15, -0.1) is 11.3 Å². The van der Waals surface area contributed by atoms with Gasteiger partial charge < -0.3 is 10.6 Å². The molecule has 0 aromatic carbocycles. The average molecular weight is 328 g/mol. The van der Waals surface area contributed by atoms with Gasteiger partial charge in [-0.1, -0.05) is 17.7 Å². The number of amides is 1. The Morgan fingerprint density at radius 2 is 2.26 bits per heavy atom. The van der Waals surface area contributed by atoms with Crippen LogP contribution in [0.5, 0.6) is 0 Å². The molecule has 0 bridgehead atoms. The topological polar surface area (TPSA) is 66.9 Å². The molecule has 0 saturated heterocycles. The van der Waals surface area contributed by atoms with Crippen molar-refractivity contribution in [3.05, 3.63) is 47.1 Å². The summed E-state index contributed by atoms with van der Waals surface area (Å²) in [5, 5.41) is 8.47. The van der Waals surface area contributed by atoms with Crippen LogP contribution in [-0.4, -0.2) is 22.4 Å². The first-order valence-electron chi connectivity index (χ1n) is 7.91. The highest BCUT2D eigenvalue weighted by molar-refractivity contribution is 7.14.